The summed E-state index contributed by atoms with van der Waals surface area (Å²) < 4.78 is 48.4. The third kappa shape index (κ3) is 3.70. The number of halogens is 3. The second-order valence-corrected chi connectivity index (χ2v) is 5.18. The topological polar surface area (TPSA) is 44.5 Å². The average molecular weight is 293 g/mol. The van der Waals surface area contributed by atoms with E-state index in [1.54, 1.807) is 18.2 Å². The molecule has 1 atom stereocenters. The molecule has 0 spiro atoms. The van der Waals surface area contributed by atoms with E-state index in [2.05, 4.69) is 0 Å². The van der Waals surface area contributed by atoms with Gasteiger partial charge in [0.15, 0.2) is 11.5 Å². The van der Waals surface area contributed by atoms with Crippen LogP contribution in [0.4, 0.5) is 13.2 Å². The number of hydrogen-bond acceptors (Lipinski definition) is 4. The number of ether oxygens (including phenoxy) is 2. The molecule has 2 N–H and O–H groups in total. The number of benzene rings is 1. The Morgan fingerprint density at radius 3 is 2.53 bits per heavy atom. The average Bonchev–Trinajstić information content (AvgIpc) is 2.37. The minimum Gasteiger partial charge on any atom is -0.486 e. The quantitative estimate of drug-likeness (QED) is 0.867. The summed E-state index contributed by atoms with van der Waals surface area (Å²) in [6.45, 7) is 0.541. The van der Waals surface area contributed by atoms with Crippen LogP contribution in [0.15, 0.2) is 23.1 Å². The summed E-state index contributed by atoms with van der Waals surface area (Å²) in [5, 5.41) is 0. The molecule has 0 aliphatic carbocycles. The summed E-state index contributed by atoms with van der Waals surface area (Å²) in [6, 6.07) is 5.13. The highest BCUT2D eigenvalue weighted by atomic mass is 32.2. The number of nitrogens with two attached hydrogens (primary N) is 1. The van der Waals surface area contributed by atoms with Crippen molar-refractivity contribution in [3.63, 3.8) is 0 Å². The zero-order valence-corrected chi connectivity index (χ0v) is 10.9. The van der Waals surface area contributed by atoms with Crippen molar-refractivity contribution in [1.29, 1.82) is 0 Å². The van der Waals surface area contributed by atoms with E-state index in [0.29, 0.717) is 29.6 Å². The van der Waals surface area contributed by atoms with E-state index in [-0.39, 0.29) is 5.75 Å². The van der Waals surface area contributed by atoms with E-state index in [4.69, 9.17) is 15.2 Å². The van der Waals surface area contributed by atoms with Gasteiger partial charge in [-0.25, -0.2) is 0 Å². The number of hydrogen-bond donors (Lipinski definition) is 1. The van der Waals surface area contributed by atoms with Crippen molar-refractivity contribution in [1.82, 2.24) is 0 Å². The molecule has 0 saturated heterocycles. The molecular weight excluding hydrogens is 279 g/mol. The van der Waals surface area contributed by atoms with Crippen LogP contribution in [0.5, 0.6) is 11.5 Å². The minimum absolute atomic E-state index is 0.0976. The number of fused-ring (bicyclic) bond motifs is 1. The molecule has 3 nitrogen and oxygen atoms in total. The molecule has 0 bridgehead atoms. The molecule has 1 heterocycles. The van der Waals surface area contributed by atoms with Gasteiger partial charge in [-0.2, -0.15) is 13.2 Å². The Balaban J connectivity index is 1.99. The Bertz CT molecular complexity index is 439. The van der Waals surface area contributed by atoms with E-state index < -0.39 is 18.6 Å². The van der Waals surface area contributed by atoms with Crippen LogP contribution in [-0.2, 0) is 0 Å². The first-order valence-corrected chi connectivity index (χ1v) is 6.78. The van der Waals surface area contributed by atoms with Gasteiger partial charge in [0.2, 0.25) is 0 Å². The molecule has 7 heteroatoms. The summed E-state index contributed by atoms with van der Waals surface area (Å²) in [6.07, 6.45) is -4.25. The van der Waals surface area contributed by atoms with Gasteiger partial charge in [0, 0.05) is 17.2 Å². The first-order chi connectivity index (χ1) is 9.00. The Morgan fingerprint density at radius 2 is 1.89 bits per heavy atom. The zero-order valence-electron chi connectivity index (χ0n) is 10.1. The van der Waals surface area contributed by atoms with E-state index in [1.807, 2.05) is 0 Å². The third-order valence-electron chi connectivity index (χ3n) is 2.71. The van der Waals surface area contributed by atoms with E-state index >= 15 is 0 Å². The lowest BCUT2D eigenvalue weighted by Gasteiger charge is -2.20. The Morgan fingerprint density at radius 1 is 1.21 bits per heavy atom. The van der Waals surface area contributed by atoms with Crippen LogP contribution in [-0.4, -0.2) is 31.7 Å². The smallest absolute Gasteiger partial charge is 0.393 e. The zero-order chi connectivity index (χ0) is 13.9. The SMILES string of the molecule is NCC(CSc1ccc2c(c1)OCCO2)C(F)(F)F. The molecule has 0 saturated carbocycles. The molecule has 0 radical (unpaired) electrons. The molecule has 2 rings (SSSR count). The second-order valence-electron chi connectivity index (χ2n) is 4.09. The fraction of sp³-hybridized carbons (Fsp3) is 0.500. The molecule has 1 aliphatic rings. The molecule has 1 unspecified atom stereocenters. The van der Waals surface area contributed by atoms with Crippen LogP contribution in [0.2, 0.25) is 0 Å². The Hall–Kier alpha value is -1.08. The Kier molecular flexibility index (Phi) is 4.46. The highest BCUT2D eigenvalue weighted by Crippen LogP contribution is 2.36. The van der Waals surface area contributed by atoms with E-state index in [9.17, 15) is 13.2 Å². The third-order valence-corrected chi connectivity index (χ3v) is 3.87. The maximum Gasteiger partial charge on any atom is 0.393 e. The van der Waals surface area contributed by atoms with Crippen molar-refractivity contribution < 1.29 is 22.6 Å². The van der Waals surface area contributed by atoms with Crippen LogP contribution in [0.3, 0.4) is 0 Å². The van der Waals surface area contributed by atoms with Gasteiger partial charge < -0.3 is 15.2 Å². The van der Waals surface area contributed by atoms with Gasteiger partial charge in [0.05, 0.1) is 5.92 Å². The molecule has 19 heavy (non-hydrogen) atoms. The lowest BCUT2D eigenvalue weighted by molar-refractivity contribution is -0.165. The Labute approximate surface area is 113 Å². The summed E-state index contributed by atoms with van der Waals surface area (Å²) >= 11 is 1.12. The van der Waals surface area contributed by atoms with E-state index in [1.165, 1.54) is 0 Å². The van der Waals surface area contributed by atoms with Crippen LogP contribution in [0.1, 0.15) is 0 Å². The lowest BCUT2D eigenvalue weighted by atomic mass is 10.2. The standard InChI is InChI=1S/C12H14F3NO2S/c13-12(14,15)8(6-16)7-19-9-1-2-10-11(5-9)18-4-3-17-10/h1-2,5,8H,3-4,6-7,16H2. The predicted octanol–water partition coefficient (Wildman–Crippen LogP) is 2.69. The molecule has 0 fully saturated rings. The van der Waals surface area contributed by atoms with Gasteiger partial charge in [-0.05, 0) is 18.2 Å². The van der Waals surface area contributed by atoms with Crippen molar-refractivity contribution in [3.05, 3.63) is 18.2 Å². The highest BCUT2D eigenvalue weighted by molar-refractivity contribution is 7.99. The van der Waals surface area contributed by atoms with Crippen molar-refractivity contribution >= 4 is 11.8 Å². The molecule has 0 aromatic heterocycles. The molecule has 0 amide bonds. The van der Waals surface area contributed by atoms with Gasteiger partial charge in [-0.3, -0.25) is 0 Å². The van der Waals surface area contributed by atoms with Crippen LogP contribution in [0.25, 0.3) is 0 Å². The van der Waals surface area contributed by atoms with Crippen LogP contribution < -0.4 is 15.2 Å². The molecule has 1 aromatic carbocycles. The van der Waals surface area contributed by atoms with Gasteiger partial charge in [-0.15, -0.1) is 11.8 Å². The van der Waals surface area contributed by atoms with Crippen molar-refractivity contribution in [2.45, 2.75) is 11.1 Å². The molecule has 1 aromatic rings. The number of rotatable bonds is 4. The largest absolute Gasteiger partial charge is 0.486 e. The maximum atomic E-state index is 12.6. The number of alkyl halides is 3. The van der Waals surface area contributed by atoms with Crippen molar-refractivity contribution in [2.75, 3.05) is 25.5 Å². The van der Waals surface area contributed by atoms with Crippen LogP contribution >= 0.6 is 11.8 Å². The fourth-order valence-electron chi connectivity index (χ4n) is 1.61. The number of thioether (sulfide) groups is 1. The first-order valence-electron chi connectivity index (χ1n) is 5.80. The highest BCUT2D eigenvalue weighted by Gasteiger charge is 2.38. The lowest BCUT2D eigenvalue weighted by Crippen LogP contribution is -2.32. The monoisotopic (exact) mass is 293 g/mol. The summed E-state index contributed by atoms with van der Waals surface area (Å²) in [5.74, 6) is -0.389. The van der Waals surface area contributed by atoms with Crippen LogP contribution in [0, 0.1) is 5.92 Å². The molecule has 1 aliphatic heterocycles. The maximum absolute atomic E-state index is 12.6. The van der Waals surface area contributed by atoms with Crippen molar-refractivity contribution in [3.8, 4) is 11.5 Å². The van der Waals surface area contributed by atoms with Gasteiger partial charge in [0.25, 0.3) is 0 Å². The summed E-state index contributed by atoms with van der Waals surface area (Å²) in [4.78, 5) is 0.715. The first kappa shape index (κ1) is 14.3. The molecule has 106 valence electrons. The predicted molar refractivity (Wildman–Crippen MR) is 66.8 cm³/mol. The van der Waals surface area contributed by atoms with Gasteiger partial charge >= 0.3 is 6.18 Å². The summed E-state index contributed by atoms with van der Waals surface area (Å²) in [5.41, 5.74) is 5.16. The van der Waals surface area contributed by atoms with Crippen molar-refractivity contribution in [2.24, 2.45) is 11.7 Å². The van der Waals surface area contributed by atoms with Gasteiger partial charge in [0.1, 0.15) is 13.2 Å². The normalized spacial score (nSPS) is 16.2. The summed E-state index contributed by atoms with van der Waals surface area (Å²) in [7, 11) is 0. The second kappa shape index (κ2) is 5.92. The minimum atomic E-state index is -4.25. The van der Waals surface area contributed by atoms with E-state index in [0.717, 1.165) is 11.8 Å². The molecular formula is C12H14F3NO2S. The van der Waals surface area contributed by atoms with Gasteiger partial charge in [-0.1, -0.05) is 0 Å². The fourth-order valence-corrected chi connectivity index (χ4v) is 2.68.